The zero-order chi connectivity index (χ0) is 15.0. The van der Waals surface area contributed by atoms with Crippen molar-refractivity contribution in [2.24, 2.45) is 12.9 Å². The summed E-state index contributed by atoms with van der Waals surface area (Å²) >= 11 is 0. The zero-order valence-corrected chi connectivity index (χ0v) is 11.0. The summed E-state index contributed by atoms with van der Waals surface area (Å²) in [4.78, 5) is 23.5. The molecule has 0 saturated carbocycles. The largest absolute Gasteiger partial charge is 0.454 e. The van der Waals surface area contributed by atoms with Crippen LogP contribution in [-0.2, 0) is 13.6 Å². The minimum Gasteiger partial charge on any atom is -0.454 e. The number of hydrazine groups is 1. The second kappa shape index (κ2) is 4.83. The summed E-state index contributed by atoms with van der Waals surface area (Å²) in [6, 6.07) is 3.02. The summed E-state index contributed by atoms with van der Waals surface area (Å²) in [6.45, 7) is 0.0501. The molecule has 0 saturated heterocycles. The first-order valence-corrected chi connectivity index (χ1v) is 5.95. The van der Waals surface area contributed by atoms with E-state index in [0.717, 1.165) is 4.68 Å². The summed E-state index contributed by atoms with van der Waals surface area (Å²) in [6.07, 6.45) is 1.43. The number of hydrogen-bond acceptors (Lipinski definition) is 7. The lowest BCUT2D eigenvalue weighted by atomic mass is 10.4. The van der Waals surface area contributed by atoms with E-state index in [1.807, 2.05) is 5.43 Å². The van der Waals surface area contributed by atoms with Crippen LogP contribution in [0.5, 0.6) is 0 Å². The lowest BCUT2D eigenvalue weighted by Gasteiger charge is -2.01. The maximum Gasteiger partial charge on any atom is 0.300 e. The highest BCUT2D eigenvalue weighted by Crippen LogP contribution is 2.09. The van der Waals surface area contributed by atoms with Gasteiger partial charge in [-0.05, 0) is 12.1 Å². The minimum absolute atomic E-state index is 0.0501. The quantitative estimate of drug-likeness (QED) is 0.350. The number of hydrogen-bond donors (Lipinski definition) is 2. The van der Waals surface area contributed by atoms with Crippen molar-refractivity contribution in [1.29, 1.82) is 0 Å². The van der Waals surface area contributed by atoms with Crippen LogP contribution in [0, 0.1) is 0 Å². The number of furan rings is 1. The molecule has 10 heteroatoms. The predicted octanol–water partition coefficient (Wildman–Crippen LogP) is -1.23. The molecule has 3 aromatic heterocycles. The molecule has 3 heterocycles. The third-order valence-electron chi connectivity index (χ3n) is 2.94. The second-order valence-corrected chi connectivity index (χ2v) is 4.30. The monoisotopic (exact) mass is 289 g/mol. The van der Waals surface area contributed by atoms with Crippen molar-refractivity contribution in [3.63, 3.8) is 0 Å². The molecule has 0 radical (unpaired) electrons. The van der Waals surface area contributed by atoms with E-state index in [-0.39, 0.29) is 17.9 Å². The van der Waals surface area contributed by atoms with E-state index >= 15 is 0 Å². The number of carbonyl (C=O) groups is 1. The van der Waals surface area contributed by atoms with Gasteiger partial charge in [0.15, 0.2) is 11.4 Å². The lowest BCUT2D eigenvalue weighted by molar-refractivity contribution is 0.0924. The van der Waals surface area contributed by atoms with E-state index in [4.69, 9.17) is 10.3 Å². The molecule has 108 valence electrons. The third-order valence-corrected chi connectivity index (χ3v) is 2.94. The Hall–Kier alpha value is -3.01. The van der Waals surface area contributed by atoms with Gasteiger partial charge in [-0.3, -0.25) is 15.0 Å². The number of carbonyl (C=O) groups excluding carboxylic acids is 1. The number of nitrogen functional groups attached to an aromatic ring is 1. The van der Waals surface area contributed by atoms with Gasteiger partial charge in [-0.1, -0.05) is 5.21 Å². The minimum atomic E-state index is -0.553. The van der Waals surface area contributed by atoms with Gasteiger partial charge in [0.1, 0.15) is 17.7 Å². The Bertz CT molecular complexity index is 875. The molecule has 0 aliphatic rings. The molecule has 0 aromatic carbocycles. The Morgan fingerprint density at radius 3 is 3.05 bits per heavy atom. The summed E-state index contributed by atoms with van der Waals surface area (Å²) in [5.74, 6) is 4.89. The van der Waals surface area contributed by atoms with Gasteiger partial charge in [-0.25, -0.2) is 15.2 Å². The summed E-state index contributed by atoms with van der Waals surface area (Å²) in [5, 5.41) is 12.1. The van der Waals surface area contributed by atoms with Crippen LogP contribution in [0.25, 0.3) is 11.0 Å². The summed E-state index contributed by atoms with van der Waals surface area (Å²) < 4.78 is 7.87. The van der Waals surface area contributed by atoms with Crippen LogP contribution in [0.2, 0.25) is 0 Å². The maximum absolute atomic E-state index is 12.2. The molecule has 0 bridgehead atoms. The average Bonchev–Trinajstić information content (AvgIpc) is 3.09. The van der Waals surface area contributed by atoms with Crippen molar-refractivity contribution in [1.82, 2.24) is 30.2 Å². The fourth-order valence-electron chi connectivity index (χ4n) is 1.88. The van der Waals surface area contributed by atoms with Crippen LogP contribution in [0.3, 0.4) is 0 Å². The van der Waals surface area contributed by atoms with Crippen LogP contribution >= 0.6 is 0 Å². The molecule has 0 aliphatic carbocycles. The van der Waals surface area contributed by atoms with Crippen LogP contribution < -0.4 is 16.8 Å². The van der Waals surface area contributed by atoms with Crippen LogP contribution in [0.15, 0.2) is 27.5 Å². The number of fused-ring (bicyclic) bond motifs is 1. The Balaban J connectivity index is 1.95. The molecule has 3 aromatic rings. The first-order valence-electron chi connectivity index (χ1n) is 5.95. The highest BCUT2D eigenvalue weighted by molar-refractivity contribution is 5.90. The fraction of sp³-hybridized carbons (Fsp3) is 0.182. The number of nitrogens with two attached hydrogens (primary N) is 1. The molecular weight excluding hydrogens is 278 g/mol. The van der Waals surface area contributed by atoms with E-state index in [1.54, 1.807) is 13.1 Å². The third kappa shape index (κ3) is 2.17. The van der Waals surface area contributed by atoms with Crippen LogP contribution in [0.1, 0.15) is 16.3 Å². The molecule has 10 nitrogen and oxygen atoms in total. The molecule has 3 N–H and O–H groups in total. The topological polar surface area (TPSA) is 134 Å². The molecule has 21 heavy (non-hydrogen) atoms. The normalized spacial score (nSPS) is 11.0. The highest BCUT2D eigenvalue weighted by atomic mass is 16.4. The fourth-order valence-corrected chi connectivity index (χ4v) is 1.88. The van der Waals surface area contributed by atoms with Gasteiger partial charge in [0.05, 0.1) is 6.20 Å². The first-order chi connectivity index (χ1) is 10.1. The van der Waals surface area contributed by atoms with Crippen molar-refractivity contribution < 1.29 is 9.21 Å². The van der Waals surface area contributed by atoms with E-state index < -0.39 is 5.91 Å². The predicted molar refractivity (Wildman–Crippen MR) is 70.0 cm³/mol. The molecule has 0 spiro atoms. The Kier molecular flexibility index (Phi) is 2.99. The number of amides is 1. The van der Waals surface area contributed by atoms with E-state index in [9.17, 15) is 9.59 Å². The number of nitrogens with one attached hydrogen (secondary N) is 1. The number of rotatable bonds is 3. The van der Waals surface area contributed by atoms with Gasteiger partial charge in [0, 0.05) is 7.05 Å². The van der Waals surface area contributed by atoms with E-state index in [1.165, 1.54) is 16.9 Å². The van der Waals surface area contributed by atoms with Gasteiger partial charge < -0.3 is 4.42 Å². The molecule has 3 rings (SSSR count). The lowest BCUT2D eigenvalue weighted by Crippen LogP contribution is -2.29. The smallest absolute Gasteiger partial charge is 0.300 e. The van der Waals surface area contributed by atoms with Gasteiger partial charge >= 0.3 is 5.91 Å². The molecule has 0 fully saturated rings. The van der Waals surface area contributed by atoms with Crippen molar-refractivity contribution in [2.75, 3.05) is 0 Å². The first kappa shape index (κ1) is 13.0. The summed E-state index contributed by atoms with van der Waals surface area (Å²) in [5.41, 5.74) is 2.02. The van der Waals surface area contributed by atoms with Crippen molar-refractivity contribution in [3.05, 3.63) is 40.2 Å². The SMILES string of the molecule is Cn1ncc2c(=O)n(Cc3ccc(C(=O)NN)o3)nnc21. The van der Waals surface area contributed by atoms with Crippen molar-refractivity contribution >= 4 is 16.9 Å². The Labute approximate surface area is 117 Å². The van der Waals surface area contributed by atoms with Gasteiger partial charge in [0.2, 0.25) is 0 Å². The van der Waals surface area contributed by atoms with E-state index in [2.05, 4.69) is 15.4 Å². The van der Waals surface area contributed by atoms with Gasteiger partial charge in [0.25, 0.3) is 5.56 Å². The molecule has 1 amide bonds. The van der Waals surface area contributed by atoms with Gasteiger partial charge in [-0.15, -0.1) is 5.10 Å². The van der Waals surface area contributed by atoms with Crippen LogP contribution in [0.4, 0.5) is 0 Å². The highest BCUT2D eigenvalue weighted by Gasteiger charge is 2.13. The Morgan fingerprint density at radius 1 is 1.48 bits per heavy atom. The second-order valence-electron chi connectivity index (χ2n) is 4.30. The number of aromatic nitrogens is 5. The molecular formula is C11H11N7O3. The standard InChI is InChI=1S/C11H11N7O3/c1-17-9-7(4-13-17)11(20)18(16-15-9)5-6-2-3-8(21-6)10(19)14-12/h2-4H,5,12H2,1H3,(H,14,19). The molecule has 0 atom stereocenters. The Morgan fingerprint density at radius 2 is 2.29 bits per heavy atom. The van der Waals surface area contributed by atoms with Crippen molar-refractivity contribution in [2.45, 2.75) is 6.54 Å². The summed E-state index contributed by atoms with van der Waals surface area (Å²) in [7, 11) is 1.67. The van der Waals surface area contributed by atoms with E-state index in [0.29, 0.717) is 16.8 Å². The maximum atomic E-state index is 12.2. The van der Waals surface area contributed by atoms with Crippen molar-refractivity contribution in [3.8, 4) is 0 Å². The van der Waals surface area contributed by atoms with Crippen LogP contribution in [-0.4, -0.2) is 30.7 Å². The number of aryl methyl sites for hydroxylation is 1. The van der Waals surface area contributed by atoms with Gasteiger partial charge in [-0.2, -0.15) is 5.10 Å². The molecule has 0 aliphatic heterocycles. The number of nitrogens with zero attached hydrogens (tertiary/aromatic N) is 5. The zero-order valence-electron chi connectivity index (χ0n) is 11.0. The molecule has 0 unspecified atom stereocenters. The average molecular weight is 289 g/mol.